The second-order valence-corrected chi connectivity index (χ2v) is 9.49. The zero-order valence-corrected chi connectivity index (χ0v) is 11.1. The second kappa shape index (κ2) is 5.71. The van der Waals surface area contributed by atoms with E-state index in [1.54, 1.807) is 0 Å². The largest absolute Gasteiger partial charge is 0.301 e. The van der Waals surface area contributed by atoms with Gasteiger partial charge in [0, 0.05) is 13.1 Å². The molecule has 0 aromatic carbocycles. The Labute approximate surface area is 90.2 Å². The lowest BCUT2D eigenvalue weighted by Gasteiger charge is -2.25. The Morgan fingerprint density at radius 1 is 1.21 bits per heavy atom. The zero-order valence-electron chi connectivity index (χ0n) is 10.1. The summed E-state index contributed by atoms with van der Waals surface area (Å²) in [5, 5.41) is 0. The molecule has 82 valence electrons. The van der Waals surface area contributed by atoms with Gasteiger partial charge in [-0.1, -0.05) is 43.8 Å². The summed E-state index contributed by atoms with van der Waals surface area (Å²) in [4.78, 5) is 2.54. The Morgan fingerprint density at radius 2 is 1.86 bits per heavy atom. The maximum Gasteiger partial charge on any atom is 0.0769 e. The molecule has 1 saturated heterocycles. The fourth-order valence-electron chi connectivity index (χ4n) is 2.23. The van der Waals surface area contributed by atoms with E-state index in [2.05, 4.69) is 37.4 Å². The average Bonchev–Trinajstić information content (AvgIpc) is 3.00. The molecule has 1 rings (SSSR count). The molecule has 2 heteroatoms. The van der Waals surface area contributed by atoms with Crippen molar-refractivity contribution in [3.05, 3.63) is 11.8 Å². The van der Waals surface area contributed by atoms with Crippen molar-refractivity contribution in [2.45, 2.75) is 45.3 Å². The topological polar surface area (TPSA) is 3.01 Å². The Hall–Kier alpha value is -0.0831. The first-order chi connectivity index (χ1) is 6.76. The quantitative estimate of drug-likeness (QED) is 0.461. The minimum atomic E-state index is -0.990. The summed E-state index contributed by atoms with van der Waals surface area (Å²) in [7, 11) is -0.990. The fourth-order valence-corrected chi connectivity index (χ4v) is 5.64. The first-order valence-electron chi connectivity index (χ1n) is 6.12. The minimum Gasteiger partial charge on any atom is -0.301 e. The van der Waals surface area contributed by atoms with E-state index in [1.165, 1.54) is 44.2 Å². The lowest BCUT2D eigenvalue weighted by Crippen LogP contribution is -2.30. The molecular formula is C12H25NSi. The Balaban J connectivity index is 2.31. The molecule has 0 bridgehead atoms. The van der Waals surface area contributed by atoms with Crippen LogP contribution >= 0.6 is 0 Å². The molecule has 0 aliphatic carbocycles. The summed E-state index contributed by atoms with van der Waals surface area (Å²) in [6, 6.07) is 4.35. The Bertz CT molecular complexity index is 181. The molecular weight excluding hydrogens is 186 g/mol. The first-order valence-corrected chi connectivity index (χ1v) is 8.82. The van der Waals surface area contributed by atoms with Gasteiger partial charge in [-0.3, -0.25) is 0 Å². The van der Waals surface area contributed by atoms with Crippen LogP contribution in [0.4, 0.5) is 0 Å². The molecule has 0 aromatic rings. The van der Waals surface area contributed by atoms with E-state index in [-0.39, 0.29) is 0 Å². The lowest BCUT2D eigenvalue weighted by atomic mass is 10.5. The van der Waals surface area contributed by atoms with Crippen LogP contribution in [0.5, 0.6) is 0 Å². The smallest absolute Gasteiger partial charge is 0.0769 e. The highest BCUT2D eigenvalue weighted by Crippen LogP contribution is 2.24. The number of rotatable bonds is 7. The van der Waals surface area contributed by atoms with Crippen molar-refractivity contribution < 1.29 is 0 Å². The van der Waals surface area contributed by atoms with Crippen LogP contribution < -0.4 is 0 Å². The van der Waals surface area contributed by atoms with Crippen molar-refractivity contribution in [2.75, 3.05) is 19.6 Å². The van der Waals surface area contributed by atoms with Gasteiger partial charge in [0.05, 0.1) is 8.07 Å². The van der Waals surface area contributed by atoms with Crippen LogP contribution in [0.2, 0.25) is 18.1 Å². The van der Waals surface area contributed by atoms with Crippen molar-refractivity contribution >= 4 is 8.07 Å². The van der Waals surface area contributed by atoms with Gasteiger partial charge >= 0.3 is 0 Å². The van der Waals surface area contributed by atoms with Crippen LogP contribution in [0.15, 0.2) is 11.8 Å². The van der Waals surface area contributed by atoms with Crippen molar-refractivity contribution in [2.24, 2.45) is 0 Å². The van der Waals surface area contributed by atoms with Gasteiger partial charge in [-0.15, -0.1) is 0 Å². The molecule has 0 radical (unpaired) electrons. The van der Waals surface area contributed by atoms with E-state index < -0.39 is 8.07 Å². The summed E-state index contributed by atoms with van der Waals surface area (Å²) < 4.78 is 0. The molecule has 0 unspecified atom stereocenters. The van der Waals surface area contributed by atoms with Gasteiger partial charge in [-0.05, 0) is 19.9 Å². The van der Waals surface area contributed by atoms with Crippen LogP contribution in [0, 0.1) is 0 Å². The highest BCUT2D eigenvalue weighted by molar-refractivity contribution is 6.84. The van der Waals surface area contributed by atoms with Crippen LogP contribution in [-0.2, 0) is 0 Å². The van der Waals surface area contributed by atoms with E-state index in [0.29, 0.717) is 0 Å². The number of hydrogen-bond acceptors (Lipinski definition) is 1. The second-order valence-electron chi connectivity index (χ2n) is 4.51. The van der Waals surface area contributed by atoms with E-state index in [0.717, 1.165) is 0 Å². The molecule has 0 aromatic heterocycles. The maximum atomic E-state index is 2.56. The fraction of sp³-hybridized carbons (Fsp3) is 0.833. The highest BCUT2D eigenvalue weighted by atomic mass is 28.3. The molecule has 1 aliphatic rings. The van der Waals surface area contributed by atoms with Gasteiger partial charge in [-0.2, -0.15) is 0 Å². The average molecular weight is 211 g/mol. The summed E-state index contributed by atoms with van der Waals surface area (Å²) in [6.45, 7) is 11.0. The minimum absolute atomic E-state index is 0.990. The molecule has 0 spiro atoms. The molecule has 0 N–H and O–H groups in total. The van der Waals surface area contributed by atoms with Crippen molar-refractivity contribution in [3.63, 3.8) is 0 Å². The highest BCUT2D eigenvalue weighted by Gasteiger charge is 2.26. The van der Waals surface area contributed by atoms with Crippen molar-refractivity contribution in [1.82, 2.24) is 4.90 Å². The first kappa shape index (κ1) is 12.0. The van der Waals surface area contributed by atoms with Gasteiger partial charge in [0.2, 0.25) is 0 Å². The molecule has 14 heavy (non-hydrogen) atoms. The van der Waals surface area contributed by atoms with Crippen molar-refractivity contribution in [3.8, 4) is 0 Å². The Morgan fingerprint density at radius 3 is 2.29 bits per heavy atom. The zero-order chi connectivity index (χ0) is 10.4. The third kappa shape index (κ3) is 3.58. The molecule has 0 saturated carbocycles. The van der Waals surface area contributed by atoms with Crippen LogP contribution in [0.25, 0.3) is 0 Å². The molecule has 0 atom stereocenters. The van der Waals surface area contributed by atoms with E-state index >= 15 is 0 Å². The molecule has 0 amide bonds. The monoisotopic (exact) mass is 211 g/mol. The van der Waals surface area contributed by atoms with Gasteiger partial charge < -0.3 is 4.90 Å². The predicted octanol–water partition coefficient (Wildman–Crippen LogP) is 3.30. The van der Waals surface area contributed by atoms with Crippen molar-refractivity contribution in [1.29, 1.82) is 0 Å². The maximum absolute atomic E-state index is 2.56. The summed E-state index contributed by atoms with van der Waals surface area (Å²) in [5.41, 5.74) is 2.56. The number of hydrogen-bond donors (Lipinski definition) is 0. The molecule has 1 heterocycles. The number of allylic oxidation sites excluding steroid dienone is 1. The predicted molar refractivity (Wildman–Crippen MR) is 67.4 cm³/mol. The third-order valence-corrected chi connectivity index (χ3v) is 8.82. The standard InChI is InChI=1S/C12H25NSi/c1-4-11-14(5-2,6-3)12-7-8-13-9-10-13/h4,11H,5-10,12H2,1-3H3. The van der Waals surface area contributed by atoms with Crippen LogP contribution in [0.1, 0.15) is 27.2 Å². The van der Waals surface area contributed by atoms with Crippen LogP contribution in [-0.4, -0.2) is 32.6 Å². The molecule has 1 nitrogen and oxygen atoms in total. The normalized spacial score (nSPS) is 17.9. The summed E-state index contributed by atoms with van der Waals surface area (Å²) >= 11 is 0. The van der Waals surface area contributed by atoms with Gasteiger partial charge in [0.15, 0.2) is 0 Å². The number of nitrogens with zero attached hydrogens (tertiary/aromatic N) is 1. The molecule has 1 aliphatic heterocycles. The van der Waals surface area contributed by atoms with Gasteiger partial charge in [0.1, 0.15) is 0 Å². The lowest BCUT2D eigenvalue weighted by molar-refractivity contribution is 0.549. The van der Waals surface area contributed by atoms with Gasteiger partial charge in [-0.25, -0.2) is 0 Å². The van der Waals surface area contributed by atoms with E-state index in [9.17, 15) is 0 Å². The van der Waals surface area contributed by atoms with E-state index in [1.807, 2.05) is 0 Å². The van der Waals surface area contributed by atoms with Gasteiger partial charge in [0.25, 0.3) is 0 Å². The SMILES string of the molecule is CC=C[Si](CC)(CC)CCCN1CC1. The van der Waals surface area contributed by atoms with E-state index in [4.69, 9.17) is 0 Å². The molecule has 1 fully saturated rings. The Kier molecular flexibility index (Phi) is 4.89. The van der Waals surface area contributed by atoms with Crippen LogP contribution in [0.3, 0.4) is 0 Å². The third-order valence-electron chi connectivity index (χ3n) is 3.62. The summed E-state index contributed by atoms with van der Waals surface area (Å²) in [6.07, 6.45) is 3.72. The summed E-state index contributed by atoms with van der Waals surface area (Å²) in [5.74, 6) is 0.